The third-order valence-corrected chi connectivity index (χ3v) is 5.68. The number of carbonyl (C=O) groups excluding carboxylic acids is 2. The standard InChI is InChI=1S/C22H23ClN4O2S/c1-14(2)25-21(29)16-7-4-5-9-18(16)26-20(28)13-30-22-24-11-12-27(22)19-10-6-8-17(23)15(19)3/h4-12,14H,13H2,1-3H3,(H,25,29)(H,26,28). The number of hydrogen-bond acceptors (Lipinski definition) is 4. The summed E-state index contributed by atoms with van der Waals surface area (Å²) in [6, 6.07) is 12.6. The van der Waals surface area contributed by atoms with Crippen LogP contribution in [0.5, 0.6) is 0 Å². The van der Waals surface area contributed by atoms with E-state index >= 15 is 0 Å². The van der Waals surface area contributed by atoms with Gasteiger partial charge in [-0.05, 0) is 50.6 Å². The Morgan fingerprint density at radius 1 is 1.17 bits per heavy atom. The zero-order chi connectivity index (χ0) is 21.7. The molecule has 0 spiro atoms. The fraction of sp³-hybridized carbons (Fsp3) is 0.227. The summed E-state index contributed by atoms with van der Waals surface area (Å²) in [4.78, 5) is 29.3. The summed E-state index contributed by atoms with van der Waals surface area (Å²) in [6.07, 6.45) is 3.52. The molecule has 0 aliphatic heterocycles. The number of para-hydroxylation sites is 1. The first-order valence-corrected chi connectivity index (χ1v) is 10.8. The van der Waals surface area contributed by atoms with Gasteiger partial charge in [0, 0.05) is 23.5 Å². The summed E-state index contributed by atoms with van der Waals surface area (Å²) >= 11 is 7.55. The lowest BCUT2D eigenvalue weighted by Crippen LogP contribution is -2.31. The Labute approximate surface area is 185 Å². The van der Waals surface area contributed by atoms with Crippen LogP contribution in [0.4, 0.5) is 5.69 Å². The molecule has 0 saturated carbocycles. The van der Waals surface area contributed by atoms with Crippen molar-refractivity contribution in [1.29, 1.82) is 0 Å². The molecule has 0 bridgehead atoms. The van der Waals surface area contributed by atoms with Crippen molar-refractivity contribution in [3.63, 3.8) is 0 Å². The van der Waals surface area contributed by atoms with E-state index in [2.05, 4.69) is 15.6 Å². The summed E-state index contributed by atoms with van der Waals surface area (Å²) in [7, 11) is 0. The predicted molar refractivity (Wildman–Crippen MR) is 122 cm³/mol. The largest absolute Gasteiger partial charge is 0.350 e. The number of halogens is 1. The average molecular weight is 443 g/mol. The van der Waals surface area contributed by atoms with E-state index in [0.29, 0.717) is 21.4 Å². The number of thioether (sulfide) groups is 1. The maximum absolute atomic E-state index is 12.6. The highest BCUT2D eigenvalue weighted by atomic mass is 35.5. The molecule has 156 valence electrons. The Morgan fingerprint density at radius 2 is 1.93 bits per heavy atom. The van der Waals surface area contributed by atoms with Gasteiger partial charge in [0.05, 0.1) is 22.7 Å². The number of nitrogens with zero attached hydrogens (tertiary/aromatic N) is 2. The number of hydrogen-bond donors (Lipinski definition) is 2. The molecule has 0 atom stereocenters. The van der Waals surface area contributed by atoms with Crippen molar-refractivity contribution >= 4 is 40.9 Å². The summed E-state index contributed by atoms with van der Waals surface area (Å²) in [5.41, 5.74) is 2.77. The number of benzene rings is 2. The minimum atomic E-state index is -0.222. The molecule has 3 aromatic rings. The van der Waals surface area contributed by atoms with Crippen molar-refractivity contribution in [1.82, 2.24) is 14.9 Å². The van der Waals surface area contributed by atoms with E-state index in [9.17, 15) is 9.59 Å². The molecule has 2 aromatic carbocycles. The van der Waals surface area contributed by atoms with E-state index in [-0.39, 0.29) is 23.6 Å². The van der Waals surface area contributed by atoms with Gasteiger partial charge in [-0.1, -0.05) is 41.6 Å². The van der Waals surface area contributed by atoms with Crippen LogP contribution in [0.25, 0.3) is 5.69 Å². The summed E-state index contributed by atoms with van der Waals surface area (Å²) in [6.45, 7) is 5.72. The summed E-state index contributed by atoms with van der Waals surface area (Å²) in [5, 5.41) is 7.03. The van der Waals surface area contributed by atoms with E-state index < -0.39 is 0 Å². The van der Waals surface area contributed by atoms with Gasteiger partial charge in [-0.2, -0.15) is 0 Å². The maximum Gasteiger partial charge on any atom is 0.253 e. The van der Waals surface area contributed by atoms with Crippen molar-refractivity contribution in [2.75, 3.05) is 11.1 Å². The average Bonchev–Trinajstić information content (AvgIpc) is 3.16. The van der Waals surface area contributed by atoms with Gasteiger partial charge in [0.1, 0.15) is 0 Å². The van der Waals surface area contributed by atoms with E-state index in [4.69, 9.17) is 11.6 Å². The van der Waals surface area contributed by atoms with Gasteiger partial charge in [-0.3, -0.25) is 14.2 Å². The molecular weight excluding hydrogens is 420 g/mol. The van der Waals surface area contributed by atoms with Crippen LogP contribution in [0.2, 0.25) is 5.02 Å². The van der Waals surface area contributed by atoms with E-state index in [1.165, 1.54) is 11.8 Å². The molecule has 2 amide bonds. The Hall–Kier alpha value is -2.77. The molecule has 3 rings (SSSR count). The van der Waals surface area contributed by atoms with Crippen LogP contribution in [0.1, 0.15) is 29.8 Å². The first kappa shape index (κ1) is 21.9. The molecular formula is C22H23ClN4O2S. The zero-order valence-electron chi connectivity index (χ0n) is 17.0. The van der Waals surface area contributed by atoms with Gasteiger partial charge in [0.2, 0.25) is 5.91 Å². The first-order valence-electron chi connectivity index (χ1n) is 9.48. The minimum Gasteiger partial charge on any atom is -0.350 e. The lowest BCUT2D eigenvalue weighted by molar-refractivity contribution is -0.113. The molecule has 1 heterocycles. The van der Waals surface area contributed by atoms with Crippen LogP contribution in [0, 0.1) is 6.92 Å². The Morgan fingerprint density at radius 3 is 2.70 bits per heavy atom. The van der Waals surface area contributed by atoms with Crippen LogP contribution < -0.4 is 10.6 Å². The highest BCUT2D eigenvalue weighted by Gasteiger charge is 2.15. The van der Waals surface area contributed by atoms with E-state index in [1.807, 2.05) is 49.7 Å². The second-order valence-corrected chi connectivity index (χ2v) is 8.32. The molecule has 0 aliphatic rings. The van der Waals surface area contributed by atoms with E-state index in [1.54, 1.807) is 30.5 Å². The lowest BCUT2D eigenvalue weighted by atomic mass is 10.1. The number of rotatable bonds is 7. The van der Waals surface area contributed by atoms with Gasteiger partial charge < -0.3 is 10.6 Å². The van der Waals surface area contributed by atoms with Crippen LogP contribution in [-0.4, -0.2) is 33.2 Å². The quantitative estimate of drug-likeness (QED) is 0.520. The van der Waals surface area contributed by atoms with Crippen LogP contribution >= 0.6 is 23.4 Å². The molecule has 0 saturated heterocycles. The number of aromatic nitrogens is 2. The predicted octanol–water partition coefficient (Wildman–Crippen LogP) is 4.70. The molecule has 0 radical (unpaired) electrons. The van der Waals surface area contributed by atoms with Crippen molar-refractivity contribution < 1.29 is 9.59 Å². The normalized spacial score (nSPS) is 10.8. The third-order valence-electron chi connectivity index (χ3n) is 4.30. The van der Waals surface area contributed by atoms with Crippen molar-refractivity contribution in [2.45, 2.75) is 32.0 Å². The minimum absolute atomic E-state index is 0.00520. The van der Waals surface area contributed by atoms with E-state index in [0.717, 1.165) is 11.3 Å². The van der Waals surface area contributed by atoms with Crippen LogP contribution in [0.15, 0.2) is 60.0 Å². The Bertz CT molecular complexity index is 1060. The number of imidazole rings is 1. The van der Waals surface area contributed by atoms with Gasteiger partial charge in [0.25, 0.3) is 5.91 Å². The fourth-order valence-corrected chi connectivity index (χ4v) is 3.82. The van der Waals surface area contributed by atoms with Crippen molar-refractivity contribution in [2.24, 2.45) is 0 Å². The first-order chi connectivity index (χ1) is 14.4. The fourth-order valence-electron chi connectivity index (χ4n) is 2.88. The zero-order valence-corrected chi connectivity index (χ0v) is 18.6. The topological polar surface area (TPSA) is 76.0 Å². The smallest absolute Gasteiger partial charge is 0.253 e. The highest BCUT2D eigenvalue weighted by Crippen LogP contribution is 2.26. The molecule has 0 unspecified atom stereocenters. The van der Waals surface area contributed by atoms with Gasteiger partial charge >= 0.3 is 0 Å². The second kappa shape index (κ2) is 9.82. The molecule has 8 heteroatoms. The van der Waals surface area contributed by atoms with Gasteiger partial charge in [-0.25, -0.2) is 4.98 Å². The monoisotopic (exact) mass is 442 g/mol. The van der Waals surface area contributed by atoms with Gasteiger partial charge in [0.15, 0.2) is 5.16 Å². The molecule has 30 heavy (non-hydrogen) atoms. The number of amides is 2. The van der Waals surface area contributed by atoms with Crippen molar-refractivity contribution in [3.05, 3.63) is 71.0 Å². The van der Waals surface area contributed by atoms with Crippen LogP contribution in [0.3, 0.4) is 0 Å². The van der Waals surface area contributed by atoms with Crippen LogP contribution in [-0.2, 0) is 4.79 Å². The number of nitrogens with one attached hydrogen (secondary N) is 2. The molecule has 1 aromatic heterocycles. The van der Waals surface area contributed by atoms with Crippen molar-refractivity contribution in [3.8, 4) is 5.69 Å². The molecule has 0 aliphatic carbocycles. The lowest BCUT2D eigenvalue weighted by Gasteiger charge is -2.13. The Balaban J connectivity index is 1.70. The maximum atomic E-state index is 12.6. The molecule has 0 fully saturated rings. The summed E-state index contributed by atoms with van der Waals surface area (Å²) < 4.78 is 1.91. The number of anilines is 1. The number of carbonyl (C=O) groups is 2. The molecule has 2 N–H and O–H groups in total. The second-order valence-electron chi connectivity index (χ2n) is 6.97. The highest BCUT2D eigenvalue weighted by molar-refractivity contribution is 7.99. The summed E-state index contributed by atoms with van der Waals surface area (Å²) in [5.74, 6) is -0.292. The Kier molecular flexibility index (Phi) is 7.18. The SMILES string of the molecule is Cc1c(Cl)cccc1-n1ccnc1SCC(=O)Nc1ccccc1C(=O)NC(C)C. The third kappa shape index (κ3) is 5.23. The molecule has 6 nitrogen and oxygen atoms in total. The van der Waals surface area contributed by atoms with Gasteiger partial charge in [-0.15, -0.1) is 0 Å².